The van der Waals surface area contributed by atoms with E-state index in [1.165, 1.54) is 48.9 Å². The molecule has 0 bridgehead atoms. The molecule has 0 atom stereocenters. The van der Waals surface area contributed by atoms with Crippen molar-refractivity contribution in [1.29, 1.82) is 0 Å². The van der Waals surface area contributed by atoms with E-state index < -0.39 is 38.8 Å². The van der Waals surface area contributed by atoms with Crippen molar-refractivity contribution in [3.8, 4) is 0 Å². The molecule has 0 saturated carbocycles. The third kappa shape index (κ3) is 6.45. The molecule has 0 aliphatic rings. The van der Waals surface area contributed by atoms with E-state index >= 15 is 0 Å². The highest BCUT2D eigenvalue weighted by Gasteiger charge is 2.18. The standard InChI is InChI=1S/C24H34O3Si4/c1-16-10-7-13-22(19(16)4)28-25-31(26-29-23-14-8-11-17(2)20(23)5)27-30-24-15-9-12-18(3)21(24)6/h7-15,31H,28-30H2,1-6H3. The molecular weight excluding hydrogens is 449 g/mol. The molecule has 3 rings (SSSR count). The van der Waals surface area contributed by atoms with Crippen LogP contribution in [0.15, 0.2) is 54.6 Å². The van der Waals surface area contributed by atoms with Gasteiger partial charge in [-0.15, -0.1) is 0 Å². The van der Waals surface area contributed by atoms with Gasteiger partial charge in [0.05, 0.1) is 0 Å². The lowest BCUT2D eigenvalue weighted by atomic mass is 10.1. The lowest BCUT2D eigenvalue weighted by Crippen LogP contribution is -2.40. The minimum absolute atomic E-state index is 0.888. The Hall–Kier alpha value is -1.59. The van der Waals surface area contributed by atoms with Crippen LogP contribution >= 0.6 is 0 Å². The van der Waals surface area contributed by atoms with E-state index in [1.807, 2.05) is 0 Å². The zero-order chi connectivity index (χ0) is 22.4. The summed E-state index contributed by atoms with van der Waals surface area (Å²) in [5.41, 5.74) is 8.01. The molecule has 0 aliphatic heterocycles. The Morgan fingerprint density at radius 2 is 0.774 bits per heavy atom. The number of benzene rings is 3. The molecule has 7 heteroatoms. The van der Waals surface area contributed by atoms with Crippen LogP contribution in [0.25, 0.3) is 0 Å². The van der Waals surface area contributed by atoms with Crippen LogP contribution in [-0.2, 0) is 12.3 Å². The fourth-order valence-electron chi connectivity index (χ4n) is 3.52. The zero-order valence-electron chi connectivity index (χ0n) is 19.6. The Balaban J connectivity index is 1.71. The molecule has 0 radical (unpaired) electrons. The molecule has 0 aliphatic carbocycles. The van der Waals surface area contributed by atoms with Gasteiger partial charge in [-0.3, -0.25) is 0 Å². The van der Waals surface area contributed by atoms with Gasteiger partial charge < -0.3 is 12.3 Å². The lowest BCUT2D eigenvalue weighted by Gasteiger charge is -2.20. The quantitative estimate of drug-likeness (QED) is 0.423. The summed E-state index contributed by atoms with van der Waals surface area (Å²) in [5, 5.41) is 4.06. The molecule has 0 aromatic heterocycles. The summed E-state index contributed by atoms with van der Waals surface area (Å²) in [6.45, 7) is 13.1. The minimum Gasteiger partial charge on any atom is -0.420 e. The second-order valence-corrected chi connectivity index (χ2v) is 16.0. The average molecular weight is 483 g/mol. The highest BCUT2D eigenvalue weighted by Crippen LogP contribution is 2.06. The topological polar surface area (TPSA) is 27.7 Å². The Morgan fingerprint density at radius 1 is 0.484 bits per heavy atom. The Kier molecular flexibility index (Phi) is 8.79. The molecule has 0 saturated heterocycles. The molecule has 0 heterocycles. The summed E-state index contributed by atoms with van der Waals surface area (Å²) in [4.78, 5) is 0. The zero-order valence-corrected chi connectivity index (χ0v) is 25.0. The SMILES string of the molecule is Cc1cccc([SiH2]O[SiH](O[SiH2]c2cccc(C)c2C)O[SiH2]c2cccc(C)c2C)c1C. The molecule has 0 spiro atoms. The van der Waals surface area contributed by atoms with Crippen LogP contribution in [0.4, 0.5) is 0 Å². The van der Waals surface area contributed by atoms with E-state index in [4.69, 9.17) is 12.3 Å². The van der Waals surface area contributed by atoms with Gasteiger partial charge in [-0.05, 0) is 90.5 Å². The maximum absolute atomic E-state index is 6.45. The molecule has 0 unspecified atom stereocenters. The fourth-order valence-corrected chi connectivity index (χ4v) is 13.2. The normalized spacial score (nSPS) is 13.4. The van der Waals surface area contributed by atoms with Gasteiger partial charge in [-0.25, -0.2) is 0 Å². The van der Waals surface area contributed by atoms with E-state index in [-0.39, 0.29) is 0 Å². The van der Waals surface area contributed by atoms with Crippen molar-refractivity contribution < 1.29 is 12.3 Å². The summed E-state index contributed by atoms with van der Waals surface area (Å²) in [7, 11) is -4.83. The molecule has 31 heavy (non-hydrogen) atoms. The van der Waals surface area contributed by atoms with E-state index in [0.717, 1.165) is 0 Å². The van der Waals surface area contributed by atoms with Crippen molar-refractivity contribution in [3.05, 3.63) is 88.0 Å². The minimum atomic E-state index is -2.17. The molecule has 0 N–H and O–H groups in total. The van der Waals surface area contributed by atoms with Gasteiger partial charge in [-0.1, -0.05) is 54.6 Å². The second kappa shape index (κ2) is 11.3. The number of rotatable bonds is 9. The van der Waals surface area contributed by atoms with E-state index in [2.05, 4.69) is 96.1 Å². The molecule has 3 aromatic carbocycles. The molecule has 0 amide bonds. The van der Waals surface area contributed by atoms with Crippen LogP contribution in [0.2, 0.25) is 0 Å². The van der Waals surface area contributed by atoms with Crippen molar-refractivity contribution >= 4 is 54.4 Å². The van der Waals surface area contributed by atoms with E-state index in [0.29, 0.717) is 0 Å². The number of aryl methyl sites for hydroxylation is 3. The van der Waals surface area contributed by atoms with Crippen LogP contribution in [0, 0.1) is 41.5 Å². The highest BCUT2D eigenvalue weighted by atomic mass is 28.4. The third-order valence-corrected chi connectivity index (χ3v) is 14.8. The molecular formula is C24H34O3Si4. The molecule has 3 nitrogen and oxygen atoms in total. The number of hydrogen-bond donors (Lipinski definition) is 0. The smallest absolute Gasteiger partial charge is 0.420 e. The summed E-state index contributed by atoms with van der Waals surface area (Å²) >= 11 is 0. The monoisotopic (exact) mass is 482 g/mol. The summed E-state index contributed by atoms with van der Waals surface area (Å²) in [6.07, 6.45) is 0. The predicted molar refractivity (Wildman–Crippen MR) is 143 cm³/mol. The van der Waals surface area contributed by atoms with Crippen LogP contribution in [0.3, 0.4) is 0 Å². The van der Waals surface area contributed by atoms with Gasteiger partial charge in [0.15, 0.2) is 29.3 Å². The van der Waals surface area contributed by atoms with Crippen LogP contribution < -0.4 is 15.6 Å². The predicted octanol–water partition coefficient (Wildman–Crippen LogP) is 0.832. The lowest BCUT2D eigenvalue weighted by molar-refractivity contribution is 0.337. The van der Waals surface area contributed by atoms with Gasteiger partial charge in [0.25, 0.3) is 0 Å². The molecule has 3 aromatic rings. The van der Waals surface area contributed by atoms with Crippen LogP contribution in [0.1, 0.15) is 33.4 Å². The third-order valence-electron chi connectivity index (χ3n) is 6.28. The van der Waals surface area contributed by atoms with Gasteiger partial charge in [0, 0.05) is 0 Å². The van der Waals surface area contributed by atoms with Gasteiger partial charge in [0.1, 0.15) is 0 Å². The van der Waals surface area contributed by atoms with Gasteiger partial charge in [-0.2, -0.15) is 0 Å². The summed E-state index contributed by atoms with van der Waals surface area (Å²) in [5.74, 6) is 0. The van der Waals surface area contributed by atoms with E-state index in [9.17, 15) is 0 Å². The molecule has 164 valence electrons. The average Bonchev–Trinajstić information content (AvgIpc) is 2.75. The summed E-state index contributed by atoms with van der Waals surface area (Å²) < 4.78 is 19.4. The fraction of sp³-hybridized carbons (Fsp3) is 0.250. The van der Waals surface area contributed by atoms with Crippen LogP contribution in [0.5, 0.6) is 0 Å². The van der Waals surface area contributed by atoms with Crippen LogP contribution in [-0.4, -0.2) is 38.8 Å². The van der Waals surface area contributed by atoms with Crippen molar-refractivity contribution in [1.82, 2.24) is 0 Å². The Morgan fingerprint density at radius 3 is 1.06 bits per heavy atom. The van der Waals surface area contributed by atoms with Gasteiger partial charge in [0.2, 0.25) is 0 Å². The second-order valence-electron chi connectivity index (χ2n) is 8.30. The van der Waals surface area contributed by atoms with Crippen molar-refractivity contribution in [2.75, 3.05) is 0 Å². The highest BCUT2D eigenvalue weighted by molar-refractivity contribution is 6.67. The Bertz CT molecular complexity index is 907. The largest absolute Gasteiger partial charge is 0.452 e. The maximum Gasteiger partial charge on any atom is 0.452 e. The first kappa shape index (κ1) is 24.1. The van der Waals surface area contributed by atoms with Crippen molar-refractivity contribution in [2.45, 2.75) is 41.5 Å². The molecule has 0 fully saturated rings. The first-order valence-electron chi connectivity index (χ1n) is 10.9. The van der Waals surface area contributed by atoms with E-state index in [1.54, 1.807) is 0 Å². The first-order valence-corrected chi connectivity index (χ1v) is 16.1. The van der Waals surface area contributed by atoms with Gasteiger partial charge >= 0.3 is 9.53 Å². The Labute approximate surface area is 196 Å². The maximum atomic E-state index is 6.45. The van der Waals surface area contributed by atoms with Crippen molar-refractivity contribution in [3.63, 3.8) is 0 Å². The number of hydrogen-bond acceptors (Lipinski definition) is 3. The first-order chi connectivity index (χ1) is 14.9. The summed E-state index contributed by atoms with van der Waals surface area (Å²) in [6, 6.07) is 19.5. The van der Waals surface area contributed by atoms with Crippen molar-refractivity contribution in [2.24, 2.45) is 0 Å².